The van der Waals surface area contributed by atoms with Gasteiger partial charge >= 0.3 is 0 Å². The first-order valence-electron chi connectivity index (χ1n) is 9.13. The average Bonchev–Trinajstić information content (AvgIpc) is 3.16. The largest absolute Gasteiger partial charge is 0.495 e. The van der Waals surface area contributed by atoms with E-state index in [0.717, 1.165) is 49.9 Å². The van der Waals surface area contributed by atoms with Gasteiger partial charge in [0.05, 0.1) is 12.8 Å². The molecule has 2 heterocycles. The van der Waals surface area contributed by atoms with Gasteiger partial charge in [-0.25, -0.2) is 0 Å². The van der Waals surface area contributed by atoms with Crippen molar-refractivity contribution in [3.63, 3.8) is 0 Å². The molecule has 8 heteroatoms. The Hall–Kier alpha value is -2.22. The van der Waals surface area contributed by atoms with E-state index in [2.05, 4.69) is 27.2 Å². The highest BCUT2D eigenvalue weighted by atomic mass is 35.5. The number of hydrogen-bond acceptors (Lipinski definition) is 5. The molecule has 28 heavy (non-hydrogen) atoms. The number of anilines is 1. The van der Waals surface area contributed by atoms with Crippen LogP contribution in [0.5, 0.6) is 17.2 Å². The van der Waals surface area contributed by atoms with Crippen molar-refractivity contribution in [3.8, 4) is 17.2 Å². The lowest BCUT2D eigenvalue weighted by molar-refractivity contribution is 0.173. The summed E-state index contributed by atoms with van der Waals surface area (Å²) >= 11 is 11.7. The van der Waals surface area contributed by atoms with Crippen LogP contribution < -0.4 is 19.5 Å². The SMILES string of the molecule is COc1ccc(Cl)cc1NC(=S)N1CCN(Cc2ccc3c(c2)OCO3)CC1. The Morgan fingerprint density at radius 2 is 1.89 bits per heavy atom. The van der Waals surface area contributed by atoms with Crippen molar-refractivity contribution in [2.45, 2.75) is 6.54 Å². The van der Waals surface area contributed by atoms with Gasteiger partial charge in [0, 0.05) is 37.7 Å². The fraction of sp³-hybridized carbons (Fsp3) is 0.350. The van der Waals surface area contributed by atoms with E-state index in [-0.39, 0.29) is 0 Å². The molecule has 1 saturated heterocycles. The van der Waals surface area contributed by atoms with Crippen molar-refractivity contribution in [3.05, 3.63) is 47.0 Å². The lowest BCUT2D eigenvalue weighted by Gasteiger charge is -2.36. The average molecular weight is 420 g/mol. The molecule has 2 aromatic carbocycles. The number of nitrogens with zero attached hydrogens (tertiary/aromatic N) is 2. The first-order chi connectivity index (χ1) is 13.6. The number of hydrogen-bond donors (Lipinski definition) is 1. The molecule has 0 saturated carbocycles. The summed E-state index contributed by atoms with van der Waals surface area (Å²) in [5, 5.41) is 4.59. The molecule has 148 valence electrons. The summed E-state index contributed by atoms with van der Waals surface area (Å²) in [6.45, 7) is 4.77. The maximum absolute atomic E-state index is 6.10. The van der Waals surface area contributed by atoms with Crippen LogP contribution in [0.1, 0.15) is 5.56 Å². The lowest BCUT2D eigenvalue weighted by Crippen LogP contribution is -2.49. The van der Waals surface area contributed by atoms with Crippen LogP contribution in [0.3, 0.4) is 0 Å². The predicted molar refractivity (Wildman–Crippen MR) is 114 cm³/mol. The van der Waals surface area contributed by atoms with Crippen molar-refractivity contribution in [2.24, 2.45) is 0 Å². The summed E-state index contributed by atoms with van der Waals surface area (Å²) in [7, 11) is 1.63. The molecular weight excluding hydrogens is 398 g/mol. The summed E-state index contributed by atoms with van der Waals surface area (Å²) in [5.41, 5.74) is 2.00. The number of fused-ring (bicyclic) bond motifs is 1. The molecule has 2 aliphatic heterocycles. The Morgan fingerprint density at radius 1 is 1.11 bits per heavy atom. The Kier molecular flexibility index (Phi) is 5.75. The second-order valence-electron chi connectivity index (χ2n) is 6.73. The zero-order chi connectivity index (χ0) is 19.5. The summed E-state index contributed by atoms with van der Waals surface area (Å²) < 4.78 is 16.2. The van der Waals surface area contributed by atoms with Gasteiger partial charge in [-0.3, -0.25) is 4.90 Å². The molecule has 2 aliphatic rings. The number of piperazine rings is 1. The van der Waals surface area contributed by atoms with Crippen LogP contribution in [0.15, 0.2) is 36.4 Å². The summed E-state index contributed by atoms with van der Waals surface area (Å²) in [6.07, 6.45) is 0. The molecule has 0 aliphatic carbocycles. The highest BCUT2D eigenvalue weighted by Crippen LogP contribution is 2.33. The van der Waals surface area contributed by atoms with Crippen LogP contribution in [0.25, 0.3) is 0 Å². The quantitative estimate of drug-likeness (QED) is 0.760. The van der Waals surface area contributed by atoms with Crippen LogP contribution >= 0.6 is 23.8 Å². The molecular formula is C20H22ClN3O3S. The first kappa shape index (κ1) is 19.1. The van der Waals surface area contributed by atoms with Gasteiger partial charge in [0.1, 0.15) is 5.75 Å². The smallest absolute Gasteiger partial charge is 0.231 e. The third-order valence-electron chi connectivity index (χ3n) is 4.91. The van der Waals surface area contributed by atoms with Crippen LogP contribution in [-0.4, -0.2) is 55.0 Å². The van der Waals surface area contributed by atoms with Gasteiger partial charge in [0.15, 0.2) is 16.6 Å². The molecule has 0 atom stereocenters. The molecule has 0 unspecified atom stereocenters. The Balaban J connectivity index is 1.31. The highest BCUT2D eigenvalue weighted by Gasteiger charge is 2.21. The zero-order valence-corrected chi connectivity index (χ0v) is 17.2. The monoisotopic (exact) mass is 419 g/mol. The van der Waals surface area contributed by atoms with Crippen LogP contribution in [0.2, 0.25) is 5.02 Å². The van der Waals surface area contributed by atoms with E-state index in [4.69, 9.17) is 38.0 Å². The number of halogens is 1. The Labute approximate surface area is 174 Å². The standard InChI is InChI=1S/C20H22ClN3O3S/c1-25-17-5-3-15(21)11-16(17)22-20(28)24-8-6-23(7-9-24)12-14-2-4-18-19(10-14)27-13-26-18/h2-5,10-11H,6-9,12-13H2,1H3,(H,22,28). The lowest BCUT2D eigenvalue weighted by atomic mass is 10.1. The van der Waals surface area contributed by atoms with Gasteiger partial charge in [0.25, 0.3) is 0 Å². The van der Waals surface area contributed by atoms with Crippen molar-refractivity contribution in [1.29, 1.82) is 0 Å². The third kappa shape index (κ3) is 4.27. The molecule has 1 N–H and O–H groups in total. The molecule has 0 bridgehead atoms. The van der Waals surface area contributed by atoms with Gasteiger partial charge in [-0.15, -0.1) is 0 Å². The molecule has 6 nitrogen and oxygen atoms in total. The molecule has 0 radical (unpaired) electrons. The van der Waals surface area contributed by atoms with Crippen molar-refractivity contribution in [2.75, 3.05) is 45.4 Å². The van der Waals surface area contributed by atoms with E-state index in [1.807, 2.05) is 18.2 Å². The van der Waals surface area contributed by atoms with Crippen LogP contribution in [0, 0.1) is 0 Å². The van der Waals surface area contributed by atoms with E-state index in [1.165, 1.54) is 5.56 Å². The summed E-state index contributed by atoms with van der Waals surface area (Å²) in [4.78, 5) is 4.59. The second-order valence-corrected chi connectivity index (χ2v) is 7.55. The van der Waals surface area contributed by atoms with Gasteiger partial charge in [0.2, 0.25) is 6.79 Å². The minimum absolute atomic E-state index is 0.305. The second kappa shape index (κ2) is 8.43. The zero-order valence-electron chi connectivity index (χ0n) is 15.6. The van der Waals surface area contributed by atoms with Crippen molar-refractivity contribution in [1.82, 2.24) is 9.80 Å². The van der Waals surface area contributed by atoms with E-state index in [0.29, 0.717) is 22.7 Å². The normalized spacial score (nSPS) is 16.1. The minimum Gasteiger partial charge on any atom is -0.495 e. The summed E-state index contributed by atoms with van der Waals surface area (Å²) in [6, 6.07) is 11.6. The number of ether oxygens (including phenoxy) is 3. The number of rotatable bonds is 4. The van der Waals surface area contributed by atoms with E-state index < -0.39 is 0 Å². The topological polar surface area (TPSA) is 46.2 Å². The van der Waals surface area contributed by atoms with Crippen molar-refractivity contribution >= 4 is 34.6 Å². The summed E-state index contributed by atoms with van der Waals surface area (Å²) in [5.74, 6) is 2.37. The van der Waals surface area contributed by atoms with E-state index >= 15 is 0 Å². The number of nitrogens with one attached hydrogen (secondary N) is 1. The third-order valence-corrected chi connectivity index (χ3v) is 5.50. The minimum atomic E-state index is 0.305. The van der Waals surface area contributed by atoms with Gasteiger partial charge < -0.3 is 24.4 Å². The molecule has 0 spiro atoms. The van der Waals surface area contributed by atoms with Gasteiger partial charge in [-0.05, 0) is 48.1 Å². The van der Waals surface area contributed by atoms with E-state index in [9.17, 15) is 0 Å². The Morgan fingerprint density at radius 3 is 2.68 bits per heavy atom. The molecule has 2 aromatic rings. The molecule has 4 rings (SSSR count). The number of methoxy groups -OCH3 is 1. The van der Waals surface area contributed by atoms with Crippen LogP contribution in [-0.2, 0) is 6.54 Å². The van der Waals surface area contributed by atoms with Gasteiger partial charge in [-0.1, -0.05) is 17.7 Å². The maximum atomic E-state index is 6.10. The predicted octanol–water partition coefficient (Wildman–Crippen LogP) is 3.59. The highest BCUT2D eigenvalue weighted by molar-refractivity contribution is 7.80. The van der Waals surface area contributed by atoms with Crippen molar-refractivity contribution < 1.29 is 14.2 Å². The molecule has 0 aromatic heterocycles. The number of thiocarbonyl (C=S) groups is 1. The first-order valence-corrected chi connectivity index (χ1v) is 9.91. The molecule has 0 amide bonds. The van der Waals surface area contributed by atoms with Crippen LogP contribution in [0.4, 0.5) is 5.69 Å². The van der Waals surface area contributed by atoms with Gasteiger partial charge in [-0.2, -0.15) is 0 Å². The Bertz CT molecular complexity index is 872. The fourth-order valence-corrected chi connectivity index (χ4v) is 3.84. The maximum Gasteiger partial charge on any atom is 0.231 e. The molecule has 1 fully saturated rings. The number of benzene rings is 2. The van der Waals surface area contributed by atoms with E-state index in [1.54, 1.807) is 13.2 Å². The fourth-order valence-electron chi connectivity index (χ4n) is 3.38.